The van der Waals surface area contributed by atoms with E-state index in [0.717, 1.165) is 19.3 Å². The maximum Gasteiger partial charge on any atom is 0.244 e. The quantitative estimate of drug-likeness (QED) is 0.856. The molecule has 0 aromatic carbocycles. The van der Waals surface area contributed by atoms with Gasteiger partial charge in [-0.1, -0.05) is 6.92 Å². The smallest absolute Gasteiger partial charge is 0.244 e. The van der Waals surface area contributed by atoms with E-state index in [9.17, 15) is 13.5 Å². The lowest BCUT2D eigenvalue weighted by molar-refractivity contribution is 0.0604. The maximum absolute atomic E-state index is 12.7. The second-order valence-electron chi connectivity index (χ2n) is 5.36. The fraction of sp³-hybridized carbons (Fsp3) is 0.714. The molecule has 1 aromatic rings. The molecule has 6 nitrogen and oxygen atoms in total. The number of nitrogens with zero attached hydrogens (tertiary/aromatic N) is 2. The number of hydrogen-bond donors (Lipinski definition) is 1. The highest BCUT2D eigenvalue weighted by Gasteiger charge is 2.30. The molecule has 0 radical (unpaired) electrons. The second kappa shape index (κ2) is 6.91. The highest BCUT2D eigenvalue weighted by Crippen LogP contribution is 2.23. The van der Waals surface area contributed by atoms with Crippen LogP contribution in [0, 0.1) is 0 Å². The van der Waals surface area contributed by atoms with Gasteiger partial charge < -0.3 is 14.4 Å². The molecule has 7 heteroatoms. The molecule has 1 aliphatic heterocycles. The Hall–Kier alpha value is -0.890. The molecule has 120 valence electrons. The van der Waals surface area contributed by atoms with Crippen molar-refractivity contribution in [1.82, 2.24) is 8.87 Å². The topological polar surface area (TPSA) is 71.8 Å². The summed E-state index contributed by atoms with van der Waals surface area (Å²) in [6.07, 6.45) is 4.11. The average molecular weight is 316 g/mol. The molecule has 1 saturated heterocycles. The molecule has 1 fully saturated rings. The number of aryl methyl sites for hydroxylation is 1. The van der Waals surface area contributed by atoms with Crippen LogP contribution in [0.15, 0.2) is 17.2 Å². The molecular formula is C14H24N2O4S. The fourth-order valence-corrected chi connectivity index (χ4v) is 4.24. The van der Waals surface area contributed by atoms with E-state index >= 15 is 0 Å². The Morgan fingerprint density at radius 3 is 2.57 bits per heavy atom. The van der Waals surface area contributed by atoms with Crippen molar-refractivity contribution in [1.29, 1.82) is 0 Å². The van der Waals surface area contributed by atoms with Gasteiger partial charge in [-0.3, -0.25) is 0 Å². The highest BCUT2D eigenvalue weighted by molar-refractivity contribution is 7.89. The summed E-state index contributed by atoms with van der Waals surface area (Å²) in [5, 5.41) is 9.36. The number of rotatable bonds is 6. The lowest BCUT2D eigenvalue weighted by Gasteiger charge is -2.30. The third-order valence-corrected chi connectivity index (χ3v) is 5.82. The minimum atomic E-state index is -3.48. The number of aliphatic hydroxyl groups is 1. The highest BCUT2D eigenvalue weighted by atomic mass is 32.2. The zero-order chi connectivity index (χ0) is 15.5. The van der Waals surface area contributed by atoms with E-state index in [0.29, 0.717) is 25.3 Å². The monoisotopic (exact) mass is 316 g/mol. The van der Waals surface area contributed by atoms with Crippen LogP contribution in [0.2, 0.25) is 0 Å². The third kappa shape index (κ3) is 3.48. The zero-order valence-corrected chi connectivity index (χ0v) is 13.5. The van der Waals surface area contributed by atoms with Gasteiger partial charge in [0.2, 0.25) is 10.0 Å². The number of methoxy groups -OCH3 is 1. The Bertz CT molecular complexity index is 560. The summed E-state index contributed by atoms with van der Waals surface area (Å²) in [5.41, 5.74) is 0.641. The van der Waals surface area contributed by atoms with Crippen LogP contribution < -0.4 is 0 Å². The number of aromatic nitrogens is 1. The SMILES string of the molecule is CCCn1cc(S(=O)(=O)N2CCC(OC)CC2)cc1CO. The van der Waals surface area contributed by atoms with Crippen molar-refractivity contribution < 1.29 is 18.3 Å². The molecule has 0 amide bonds. The Morgan fingerprint density at radius 2 is 2.05 bits per heavy atom. The molecule has 0 atom stereocenters. The van der Waals surface area contributed by atoms with Gasteiger partial charge in [-0.25, -0.2) is 8.42 Å². The zero-order valence-electron chi connectivity index (χ0n) is 12.7. The summed E-state index contributed by atoms with van der Waals surface area (Å²) >= 11 is 0. The van der Waals surface area contributed by atoms with Crippen molar-refractivity contribution in [2.45, 2.75) is 50.3 Å². The molecule has 21 heavy (non-hydrogen) atoms. The molecule has 1 N–H and O–H groups in total. The van der Waals surface area contributed by atoms with Gasteiger partial charge in [0.15, 0.2) is 0 Å². The Morgan fingerprint density at radius 1 is 1.38 bits per heavy atom. The minimum absolute atomic E-state index is 0.147. The van der Waals surface area contributed by atoms with Gasteiger partial charge >= 0.3 is 0 Å². The first-order valence-corrected chi connectivity index (χ1v) is 8.79. The van der Waals surface area contributed by atoms with Crippen LogP contribution in [0.3, 0.4) is 0 Å². The number of piperidine rings is 1. The molecule has 2 heterocycles. The molecule has 0 bridgehead atoms. The van der Waals surface area contributed by atoms with E-state index in [1.807, 2.05) is 11.5 Å². The van der Waals surface area contributed by atoms with Gasteiger partial charge in [0.05, 0.1) is 12.7 Å². The van der Waals surface area contributed by atoms with Gasteiger partial charge in [-0.2, -0.15) is 4.31 Å². The predicted octanol–water partition coefficient (Wildman–Crippen LogP) is 1.19. The third-order valence-electron chi connectivity index (χ3n) is 3.96. The van der Waals surface area contributed by atoms with Crippen LogP contribution in [0.1, 0.15) is 31.9 Å². The van der Waals surface area contributed by atoms with Crippen molar-refractivity contribution in [3.63, 3.8) is 0 Å². The molecule has 0 aliphatic carbocycles. The van der Waals surface area contributed by atoms with Crippen molar-refractivity contribution in [2.75, 3.05) is 20.2 Å². The van der Waals surface area contributed by atoms with E-state index in [-0.39, 0.29) is 17.6 Å². The molecular weight excluding hydrogens is 292 g/mol. The lowest BCUT2D eigenvalue weighted by Crippen LogP contribution is -2.40. The molecule has 0 spiro atoms. The second-order valence-corrected chi connectivity index (χ2v) is 7.30. The number of aliphatic hydroxyl groups excluding tert-OH is 1. The first kappa shape index (κ1) is 16.5. The van der Waals surface area contributed by atoms with E-state index in [1.165, 1.54) is 4.31 Å². The molecule has 1 aliphatic rings. The van der Waals surface area contributed by atoms with E-state index < -0.39 is 10.0 Å². The van der Waals surface area contributed by atoms with Gasteiger partial charge in [0.1, 0.15) is 4.90 Å². The van der Waals surface area contributed by atoms with Crippen LogP contribution in [0.5, 0.6) is 0 Å². The van der Waals surface area contributed by atoms with Crippen LogP contribution in [-0.2, 0) is 27.9 Å². The standard InChI is InChI=1S/C14H24N2O4S/c1-3-6-15-10-14(9-12(15)11-17)21(18,19)16-7-4-13(20-2)5-8-16/h9-10,13,17H,3-8,11H2,1-2H3. The van der Waals surface area contributed by atoms with Gasteiger partial charge in [0.25, 0.3) is 0 Å². The van der Waals surface area contributed by atoms with Gasteiger partial charge in [0, 0.05) is 38.6 Å². The van der Waals surface area contributed by atoms with Gasteiger partial charge in [-0.05, 0) is 25.3 Å². The number of sulfonamides is 1. The van der Waals surface area contributed by atoms with E-state index in [4.69, 9.17) is 4.74 Å². The largest absolute Gasteiger partial charge is 0.390 e. The van der Waals surface area contributed by atoms with Crippen LogP contribution >= 0.6 is 0 Å². The van der Waals surface area contributed by atoms with E-state index in [2.05, 4.69) is 0 Å². The Labute approximate surface area is 126 Å². The van der Waals surface area contributed by atoms with Gasteiger partial charge in [-0.15, -0.1) is 0 Å². The predicted molar refractivity (Wildman–Crippen MR) is 79.4 cm³/mol. The van der Waals surface area contributed by atoms with Crippen molar-refractivity contribution >= 4 is 10.0 Å². The maximum atomic E-state index is 12.7. The van der Waals surface area contributed by atoms with Crippen LogP contribution in [-0.4, -0.2) is 48.7 Å². The summed E-state index contributed by atoms with van der Waals surface area (Å²) in [6.45, 7) is 3.53. The van der Waals surface area contributed by atoms with Crippen molar-refractivity contribution in [3.05, 3.63) is 18.0 Å². The molecule has 2 rings (SSSR count). The minimum Gasteiger partial charge on any atom is -0.390 e. The Balaban J connectivity index is 2.20. The van der Waals surface area contributed by atoms with Crippen LogP contribution in [0.25, 0.3) is 0 Å². The molecule has 0 unspecified atom stereocenters. The average Bonchev–Trinajstić information content (AvgIpc) is 2.91. The van der Waals surface area contributed by atoms with Crippen molar-refractivity contribution in [2.24, 2.45) is 0 Å². The first-order chi connectivity index (χ1) is 10.0. The molecule has 0 saturated carbocycles. The van der Waals surface area contributed by atoms with Crippen molar-refractivity contribution in [3.8, 4) is 0 Å². The number of ether oxygens (including phenoxy) is 1. The summed E-state index contributed by atoms with van der Waals surface area (Å²) in [4.78, 5) is 0.274. The number of hydrogen-bond acceptors (Lipinski definition) is 4. The summed E-state index contributed by atoms with van der Waals surface area (Å²) < 4.78 is 33.9. The van der Waals surface area contributed by atoms with Crippen LogP contribution in [0.4, 0.5) is 0 Å². The normalized spacial score (nSPS) is 18.2. The van der Waals surface area contributed by atoms with E-state index in [1.54, 1.807) is 19.4 Å². The molecule has 1 aromatic heterocycles. The Kier molecular flexibility index (Phi) is 5.43. The lowest BCUT2D eigenvalue weighted by atomic mass is 10.1. The summed E-state index contributed by atoms with van der Waals surface area (Å²) in [5.74, 6) is 0. The fourth-order valence-electron chi connectivity index (χ4n) is 2.70. The first-order valence-electron chi connectivity index (χ1n) is 7.35. The summed E-state index contributed by atoms with van der Waals surface area (Å²) in [6, 6.07) is 1.58. The summed E-state index contributed by atoms with van der Waals surface area (Å²) in [7, 11) is -1.82.